The van der Waals surface area contributed by atoms with Crippen LogP contribution in [-0.4, -0.2) is 26.5 Å². The van der Waals surface area contributed by atoms with Crippen molar-refractivity contribution in [1.82, 2.24) is 14.7 Å². The molecule has 1 aliphatic rings. The number of benzene rings is 2. The van der Waals surface area contributed by atoms with Crippen molar-refractivity contribution in [2.24, 2.45) is 0 Å². The van der Waals surface area contributed by atoms with Crippen LogP contribution in [-0.2, 0) is 22.6 Å². The van der Waals surface area contributed by atoms with E-state index in [4.69, 9.17) is 11.6 Å². The normalized spacial score (nSPS) is 13.7. The van der Waals surface area contributed by atoms with Gasteiger partial charge in [0.25, 0.3) is 17.2 Å². The summed E-state index contributed by atoms with van der Waals surface area (Å²) in [6.07, 6.45) is 4.34. The average Bonchev–Trinajstić information content (AvgIpc) is 3.31. The lowest BCUT2D eigenvalue weighted by Crippen LogP contribution is -2.39. The average molecular weight is 500 g/mol. The number of rotatable bonds is 6. The summed E-state index contributed by atoms with van der Waals surface area (Å²) in [4.78, 5) is 42.3. The van der Waals surface area contributed by atoms with E-state index in [1.54, 1.807) is 48.1 Å². The molecule has 4 aromatic rings. The van der Waals surface area contributed by atoms with E-state index in [2.05, 4.69) is 5.10 Å². The number of carbonyl (C=O) groups is 2. The second-order valence-electron chi connectivity index (χ2n) is 8.61. The van der Waals surface area contributed by atoms with Gasteiger partial charge < -0.3 is 0 Å². The minimum Gasteiger partial charge on any atom is -0.295 e. The van der Waals surface area contributed by atoms with Crippen molar-refractivity contribution in [2.45, 2.75) is 26.8 Å². The standard InChI is InChI=1S/C28H23ClN4O3/c1-3-19-12-14-31(15-13-19)25-24(26(34)32(28(25)36)17-20-8-5-4-6-9-20)23-18(2)30-33(27(23)35)22-11-7-10-21(29)16-22/h4-16H,3,17H2,1-2H3/p+1. The molecule has 0 bridgehead atoms. The molecule has 8 heteroatoms. The van der Waals surface area contributed by atoms with Crippen molar-refractivity contribution < 1.29 is 14.2 Å². The summed E-state index contributed by atoms with van der Waals surface area (Å²) in [5.41, 5.74) is 2.85. The van der Waals surface area contributed by atoms with Crippen LogP contribution in [0.2, 0.25) is 5.02 Å². The van der Waals surface area contributed by atoms with E-state index >= 15 is 0 Å². The Kier molecular flexibility index (Phi) is 6.16. The highest BCUT2D eigenvalue weighted by molar-refractivity contribution is 6.44. The number of aromatic nitrogens is 3. The molecule has 0 radical (unpaired) electrons. The largest absolute Gasteiger partial charge is 0.327 e. The number of hydrogen-bond acceptors (Lipinski definition) is 3. The lowest BCUT2D eigenvalue weighted by Gasteiger charge is -2.13. The molecule has 0 fully saturated rings. The maximum atomic E-state index is 13.8. The topological polar surface area (TPSA) is 79.1 Å². The number of halogens is 1. The van der Waals surface area contributed by atoms with Gasteiger partial charge in [0.1, 0.15) is 5.57 Å². The smallest absolute Gasteiger partial charge is 0.295 e. The van der Waals surface area contributed by atoms with Crippen LogP contribution in [0, 0.1) is 6.92 Å². The summed E-state index contributed by atoms with van der Waals surface area (Å²) in [7, 11) is 0. The Balaban J connectivity index is 1.69. The van der Waals surface area contributed by atoms with Crippen LogP contribution in [0.3, 0.4) is 0 Å². The number of imide groups is 1. The highest BCUT2D eigenvalue weighted by atomic mass is 35.5. The van der Waals surface area contributed by atoms with Crippen molar-refractivity contribution >= 4 is 34.7 Å². The third kappa shape index (κ3) is 4.07. The Morgan fingerprint density at radius 1 is 0.889 bits per heavy atom. The third-order valence-electron chi connectivity index (χ3n) is 6.28. The molecule has 2 aromatic carbocycles. The van der Waals surface area contributed by atoms with Crippen molar-refractivity contribution in [3.8, 4) is 5.69 Å². The van der Waals surface area contributed by atoms with Gasteiger partial charge in [-0.3, -0.25) is 24.4 Å². The summed E-state index contributed by atoms with van der Waals surface area (Å²) in [5, 5.41) is 3.52. The third-order valence-corrected chi connectivity index (χ3v) is 6.51. The lowest BCUT2D eigenvalue weighted by atomic mass is 10.1. The molecule has 0 atom stereocenters. The molecule has 0 unspecified atom stereocenters. The van der Waals surface area contributed by atoms with Crippen molar-refractivity contribution in [3.05, 3.63) is 117 Å². The predicted molar refractivity (Wildman–Crippen MR) is 137 cm³/mol. The predicted octanol–water partition coefficient (Wildman–Crippen LogP) is 3.91. The van der Waals surface area contributed by atoms with E-state index in [-0.39, 0.29) is 23.4 Å². The number of nitrogens with zero attached hydrogens (tertiary/aromatic N) is 3. The molecule has 2 amide bonds. The van der Waals surface area contributed by atoms with Gasteiger partial charge in [-0.25, -0.2) is 4.68 Å². The van der Waals surface area contributed by atoms with Crippen molar-refractivity contribution in [1.29, 1.82) is 0 Å². The molecular weight excluding hydrogens is 476 g/mol. The van der Waals surface area contributed by atoms with Gasteiger partial charge in [0.15, 0.2) is 12.4 Å². The van der Waals surface area contributed by atoms with E-state index < -0.39 is 17.4 Å². The maximum absolute atomic E-state index is 13.8. The highest BCUT2D eigenvalue weighted by Gasteiger charge is 2.47. The molecule has 180 valence electrons. The minimum absolute atomic E-state index is 0.0738. The fraction of sp³-hybridized carbons (Fsp3) is 0.143. The first-order valence-electron chi connectivity index (χ1n) is 11.6. The molecule has 0 spiro atoms. The summed E-state index contributed by atoms with van der Waals surface area (Å²) in [6, 6.07) is 19.9. The van der Waals surface area contributed by atoms with Crippen LogP contribution in [0.15, 0.2) is 83.9 Å². The Hall–Kier alpha value is -4.23. The van der Waals surface area contributed by atoms with E-state index in [0.717, 1.165) is 17.5 Å². The second kappa shape index (κ2) is 9.43. The molecule has 0 saturated carbocycles. The molecule has 5 rings (SSSR count). The number of aromatic amines is 1. The fourth-order valence-corrected chi connectivity index (χ4v) is 4.60. The van der Waals surface area contributed by atoms with E-state index in [0.29, 0.717) is 16.4 Å². The van der Waals surface area contributed by atoms with Crippen LogP contribution in [0.1, 0.15) is 29.3 Å². The van der Waals surface area contributed by atoms with Gasteiger partial charge >= 0.3 is 5.91 Å². The monoisotopic (exact) mass is 499 g/mol. The molecular formula is C28H24ClN4O3+. The molecule has 1 N–H and O–H groups in total. The first kappa shape index (κ1) is 23.5. The van der Waals surface area contributed by atoms with Crippen LogP contribution in [0.25, 0.3) is 17.0 Å². The second-order valence-corrected chi connectivity index (χ2v) is 9.04. The molecule has 2 aromatic heterocycles. The number of pyridine rings is 1. The molecule has 0 saturated heterocycles. The van der Waals surface area contributed by atoms with Gasteiger partial charge in [0, 0.05) is 22.8 Å². The van der Waals surface area contributed by atoms with E-state index in [1.807, 2.05) is 49.4 Å². The zero-order valence-electron chi connectivity index (χ0n) is 19.9. The van der Waals surface area contributed by atoms with Gasteiger partial charge in [0.2, 0.25) is 0 Å². The molecule has 1 aliphatic heterocycles. The number of nitrogens with one attached hydrogen (secondary N) is 1. The van der Waals surface area contributed by atoms with Crippen LogP contribution >= 0.6 is 11.6 Å². The lowest BCUT2D eigenvalue weighted by molar-refractivity contribution is -0.577. The Labute approximate surface area is 212 Å². The van der Waals surface area contributed by atoms with Gasteiger partial charge in [0.05, 0.1) is 17.8 Å². The maximum Gasteiger partial charge on any atom is 0.327 e. The Morgan fingerprint density at radius 2 is 1.61 bits per heavy atom. The van der Waals surface area contributed by atoms with Gasteiger partial charge in [-0.2, -0.15) is 4.57 Å². The zero-order valence-corrected chi connectivity index (χ0v) is 20.6. The highest BCUT2D eigenvalue weighted by Crippen LogP contribution is 2.31. The van der Waals surface area contributed by atoms with Crippen LogP contribution in [0.4, 0.5) is 0 Å². The molecule has 7 nitrogen and oxygen atoms in total. The van der Waals surface area contributed by atoms with Gasteiger partial charge in [-0.15, -0.1) is 0 Å². The van der Waals surface area contributed by atoms with Gasteiger partial charge in [-0.05, 0) is 42.7 Å². The fourth-order valence-electron chi connectivity index (χ4n) is 4.42. The molecule has 36 heavy (non-hydrogen) atoms. The van der Waals surface area contributed by atoms with Crippen LogP contribution < -0.4 is 10.1 Å². The van der Waals surface area contributed by atoms with Crippen LogP contribution in [0.5, 0.6) is 0 Å². The van der Waals surface area contributed by atoms with E-state index in [9.17, 15) is 14.4 Å². The minimum atomic E-state index is -0.511. The van der Waals surface area contributed by atoms with Crippen molar-refractivity contribution in [2.75, 3.05) is 0 Å². The van der Waals surface area contributed by atoms with E-state index in [1.165, 1.54) is 9.58 Å². The first-order valence-corrected chi connectivity index (χ1v) is 12.0. The molecule has 0 aliphatic carbocycles. The number of carbonyl (C=O) groups excluding carboxylic acids is 2. The molecule has 3 heterocycles. The Bertz CT molecular complexity index is 1570. The number of aryl methyl sites for hydroxylation is 2. The summed E-state index contributed by atoms with van der Waals surface area (Å²) in [5.74, 6) is -0.967. The SMILES string of the molecule is CCc1cc[n+](C2=C(c3c(C)[nH]n(-c4cccc(Cl)c4)c3=O)C(=O)N(Cc3ccccc3)C2=O)cc1. The quantitative estimate of drug-likeness (QED) is 0.322. The zero-order chi connectivity index (χ0) is 25.4. The number of hydrogen-bond donors (Lipinski definition) is 1. The number of amides is 2. The summed E-state index contributed by atoms with van der Waals surface area (Å²) >= 11 is 6.14. The summed E-state index contributed by atoms with van der Waals surface area (Å²) < 4.78 is 2.96. The van der Waals surface area contributed by atoms with Crippen molar-refractivity contribution in [3.63, 3.8) is 0 Å². The number of H-pyrrole nitrogens is 1. The van der Waals surface area contributed by atoms with Gasteiger partial charge in [-0.1, -0.05) is 54.9 Å². The first-order chi connectivity index (χ1) is 17.4. The Morgan fingerprint density at radius 3 is 2.28 bits per heavy atom. The summed E-state index contributed by atoms with van der Waals surface area (Å²) in [6.45, 7) is 3.85.